The van der Waals surface area contributed by atoms with Crippen molar-refractivity contribution in [3.63, 3.8) is 0 Å². The van der Waals surface area contributed by atoms with Crippen LogP contribution in [0.4, 0.5) is 0 Å². The lowest BCUT2D eigenvalue weighted by Gasteiger charge is -2.07. The Labute approximate surface area is 81.9 Å². The largest absolute Gasteiger partial charge is 0.317 e. The fourth-order valence-corrected chi connectivity index (χ4v) is 1.61. The summed E-state index contributed by atoms with van der Waals surface area (Å²) in [5.74, 6) is 0. The number of allylic oxidation sites excluding steroid dienone is 3. The standard InChI is InChI=1S/C12H21N/c1-2-13-11-7-6-10-12-8-4-3-5-9-12/h6,8,10,13H,2-5,7,9,11H2,1H3/b10-6+. The molecule has 0 atom stereocenters. The normalized spacial score (nSPS) is 17.8. The number of hydrogen-bond donors (Lipinski definition) is 1. The monoisotopic (exact) mass is 179 g/mol. The predicted molar refractivity (Wildman–Crippen MR) is 58.9 cm³/mol. The van der Waals surface area contributed by atoms with Crippen molar-refractivity contribution in [3.05, 3.63) is 23.8 Å². The molecular formula is C12H21N. The van der Waals surface area contributed by atoms with Gasteiger partial charge in [-0.3, -0.25) is 0 Å². The van der Waals surface area contributed by atoms with E-state index in [4.69, 9.17) is 0 Å². The summed E-state index contributed by atoms with van der Waals surface area (Å²) in [4.78, 5) is 0. The molecule has 0 aromatic carbocycles. The molecule has 0 radical (unpaired) electrons. The highest BCUT2D eigenvalue weighted by Crippen LogP contribution is 2.17. The summed E-state index contributed by atoms with van der Waals surface area (Å²) in [6.07, 6.45) is 13.5. The Balaban J connectivity index is 2.11. The third-order valence-electron chi connectivity index (χ3n) is 2.40. The van der Waals surface area contributed by atoms with Crippen LogP contribution < -0.4 is 5.32 Å². The van der Waals surface area contributed by atoms with Crippen LogP contribution in [0.5, 0.6) is 0 Å². The van der Waals surface area contributed by atoms with Gasteiger partial charge in [-0.2, -0.15) is 0 Å². The van der Waals surface area contributed by atoms with Gasteiger partial charge in [0, 0.05) is 0 Å². The van der Waals surface area contributed by atoms with Gasteiger partial charge >= 0.3 is 0 Å². The Morgan fingerprint density at radius 2 is 2.38 bits per heavy atom. The highest BCUT2D eigenvalue weighted by Gasteiger charge is 1.98. The van der Waals surface area contributed by atoms with Crippen molar-refractivity contribution in [2.24, 2.45) is 0 Å². The summed E-state index contributed by atoms with van der Waals surface area (Å²) in [5, 5.41) is 3.32. The van der Waals surface area contributed by atoms with Gasteiger partial charge in [-0.25, -0.2) is 0 Å². The summed E-state index contributed by atoms with van der Waals surface area (Å²) < 4.78 is 0. The Morgan fingerprint density at radius 3 is 3.08 bits per heavy atom. The topological polar surface area (TPSA) is 12.0 Å². The first-order valence-corrected chi connectivity index (χ1v) is 5.49. The zero-order valence-corrected chi connectivity index (χ0v) is 8.68. The van der Waals surface area contributed by atoms with Gasteiger partial charge in [-0.05, 0) is 45.2 Å². The lowest BCUT2D eigenvalue weighted by Crippen LogP contribution is -2.12. The molecule has 0 aromatic rings. The molecule has 0 unspecified atom stereocenters. The lowest BCUT2D eigenvalue weighted by atomic mass is 9.99. The minimum absolute atomic E-state index is 1.08. The molecule has 0 saturated heterocycles. The van der Waals surface area contributed by atoms with Crippen molar-refractivity contribution < 1.29 is 0 Å². The van der Waals surface area contributed by atoms with Crippen LogP contribution in [0, 0.1) is 0 Å². The van der Waals surface area contributed by atoms with E-state index in [1.807, 2.05) is 0 Å². The van der Waals surface area contributed by atoms with Crippen LogP contribution in [0.1, 0.15) is 39.0 Å². The molecule has 0 aromatic heterocycles. The second-order valence-corrected chi connectivity index (χ2v) is 3.57. The van der Waals surface area contributed by atoms with Crippen LogP contribution in [0.3, 0.4) is 0 Å². The van der Waals surface area contributed by atoms with Crippen LogP contribution in [-0.2, 0) is 0 Å². The molecule has 1 rings (SSSR count). The number of nitrogens with one attached hydrogen (secondary N) is 1. The van der Waals surface area contributed by atoms with Crippen molar-refractivity contribution in [2.75, 3.05) is 13.1 Å². The van der Waals surface area contributed by atoms with E-state index in [2.05, 4.69) is 30.5 Å². The summed E-state index contributed by atoms with van der Waals surface area (Å²) in [6.45, 7) is 4.34. The Hall–Kier alpha value is -0.560. The van der Waals surface area contributed by atoms with E-state index in [9.17, 15) is 0 Å². The van der Waals surface area contributed by atoms with Gasteiger partial charge in [-0.1, -0.05) is 30.7 Å². The van der Waals surface area contributed by atoms with Gasteiger partial charge in [0.15, 0.2) is 0 Å². The average molecular weight is 179 g/mol. The maximum absolute atomic E-state index is 3.32. The van der Waals surface area contributed by atoms with E-state index >= 15 is 0 Å². The van der Waals surface area contributed by atoms with Crippen molar-refractivity contribution in [1.29, 1.82) is 0 Å². The quantitative estimate of drug-likeness (QED) is 0.640. The smallest absolute Gasteiger partial charge is 0.00143 e. The molecule has 0 aliphatic heterocycles. The second kappa shape index (κ2) is 6.90. The van der Waals surface area contributed by atoms with E-state index < -0.39 is 0 Å². The number of rotatable bonds is 5. The maximum Gasteiger partial charge on any atom is -0.00143 e. The molecule has 0 spiro atoms. The minimum Gasteiger partial charge on any atom is -0.317 e. The summed E-state index contributed by atoms with van der Waals surface area (Å²) in [7, 11) is 0. The Bertz CT molecular complexity index is 180. The van der Waals surface area contributed by atoms with E-state index in [0.717, 1.165) is 19.5 Å². The second-order valence-electron chi connectivity index (χ2n) is 3.57. The molecule has 1 heteroatoms. The zero-order chi connectivity index (χ0) is 9.36. The van der Waals surface area contributed by atoms with Crippen LogP contribution in [0.15, 0.2) is 23.8 Å². The van der Waals surface area contributed by atoms with Crippen molar-refractivity contribution in [2.45, 2.75) is 39.0 Å². The fraction of sp³-hybridized carbons (Fsp3) is 0.667. The summed E-state index contributed by atoms with van der Waals surface area (Å²) in [5.41, 5.74) is 1.54. The first-order valence-electron chi connectivity index (χ1n) is 5.49. The molecule has 74 valence electrons. The van der Waals surface area contributed by atoms with Crippen molar-refractivity contribution in [1.82, 2.24) is 5.32 Å². The van der Waals surface area contributed by atoms with E-state index in [1.54, 1.807) is 5.57 Å². The first kappa shape index (κ1) is 10.5. The van der Waals surface area contributed by atoms with Crippen LogP contribution in [0.2, 0.25) is 0 Å². The summed E-state index contributed by atoms with van der Waals surface area (Å²) >= 11 is 0. The van der Waals surface area contributed by atoms with Crippen LogP contribution >= 0.6 is 0 Å². The molecule has 1 aliphatic carbocycles. The highest BCUT2D eigenvalue weighted by molar-refractivity contribution is 5.19. The van der Waals surface area contributed by atoms with E-state index in [0.29, 0.717) is 0 Å². The van der Waals surface area contributed by atoms with Gasteiger partial charge in [0.05, 0.1) is 0 Å². The van der Waals surface area contributed by atoms with Crippen LogP contribution in [-0.4, -0.2) is 13.1 Å². The molecule has 13 heavy (non-hydrogen) atoms. The molecule has 0 saturated carbocycles. The van der Waals surface area contributed by atoms with Gasteiger partial charge in [0.1, 0.15) is 0 Å². The van der Waals surface area contributed by atoms with Crippen molar-refractivity contribution >= 4 is 0 Å². The summed E-state index contributed by atoms with van der Waals surface area (Å²) in [6, 6.07) is 0. The fourth-order valence-electron chi connectivity index (χ4n) is 1.61. The predicted octanol–water partition coefficient (Wildman–Crippen LogP) is 3.04. The molecule has 0 fully saturated rings. The molecule has 1 nitrogen and oxygen atoms in total. The van der Waals surface area contributed by atoms with Crippen molar-refractivity contribution in [3.8, 4) is 0 Å². The first-order chi connectivity index (χ1) is 6.43. The number of hydrogen-bond acceptors (Lipinski definition) is 1. The molecule has 0 bridgehead atoms. The molecule has 0 heterocycles. The third kappa shape index (κ3) is 4.89. The Kier molecular flexibility index (Phi) is 5.59. The minimum atomic E-state index is 1.08. The van der Waals surface area contributed by atoms with Crippen LogP contribution in [0.25, 0.3) is 0 Å². The maximum atomic E-state index is 3.32. The van der Waals surface area contributed by atoms with Gasteiger partial charge < -0.3 is 5.32 Å². The van der Waals surface area contributed by atoms with Gasteiger partial charge in [-0.15, -0.1) is 0 Å². The van der Waals surface area contributed by atoms with Gasteiger partial charge in [0.25, 0.3) is 0 Å². The van der Waals surface area contributed by atoms with E-state index in [1.165, 1.54) is 25.7 Å². The van der Waals surface area contributed by atoms with Gasteiger partial charge in [0.2, 0.25) is 0 Å². The molecule has 0 amide bonds. The molecule has 1 aliphatic rings. The average Bonchev–Trinajstić information content (AvgIpc) is 2.19. The van der Waals surface area contributed by atoms with E-state index in [-0.39, 0.29) is 0 Å². The third-order valence-corrected chi connectivity index (χ3v) is 2.40. The zero-order valence-electron chi connectivity index (χ0n) is 8.68. The SMILES string of the molecule is CCNCC/C=C/C1=CCCCC1. The molecular weight excluding hydrogens is 158 g/mol. The highest BCUT2D eigenvalue weighted by atomic mass is 14.8. The molecule has 1 N–H and O–H groups in total. The lowest BCUT2D eigenvalue weighted by molar-refractivity contribution is 0.708. The Morgan fingerprint density at radius 1 is 1.46 bits per heavy atom.